The van der Waals surface area contributed by atoms with Gasteiger partial charge in [0.2, 0.25) is 0 Å². The number of nitrogens with zero attached hydrogens (tertiary/aromatic N) is 3. The molecule has 0 saturated carbocycles. The molecule has 0 unspecified atom stereocenters. The lowest BCUT2D eigenvalue weighted by Gasteiger charge is -2.13. The second-order valence-electron chi connectivity index (χ2n) is 4.55. The number of aryl methyl sites for hydroxylation is 1. The average Bonchev–Trinajstić information content (AvgIpc) is 2.93. The van der Waals surface area contributed by atoms with Crippen LogP contribution in [0.3, 0.4) is 0 Å². The number of imidazole rings is 1. The van der Waals surface area contributed by atoms with Crippen molar-refractivity contribution in [3.8, 4) is 0 Å². The zero-order chi connectivity index (χ0) is 13.4. The van der Waals surface area contributed by atoms with Crippen molar-refractivity contribution in [2.24, 2.45) is 7.05 Å². The molecule has 0 saturated heterocycles. The number of carbonyl (C=O) groups is 2. The van der Waals surface area contributed by atoms with E-state index in [2.05, 4.69) is 4.98 Å². The van der Waals surface area contributed by atoms with Crippen LogP contribution in [0.25, 0.3) is 0 Å². The molecule has 0 aliphatic carbocycles. The van der Waals surface area contributed by atoms with Crippen molar-refractivity contribution in [2.45, 2.75) is 6.42 Å². The lowest BCUT2D eigenvalue weighted by Crippen LogP contribution is -2.32. The summed E-state index contributed by atoms with van der Waals surface area (Å²) in [6.07, 6.45) is 4.07. The average molecular weight is 255 g/mol. The van der Waals surface area contributed by atoms with Gasteiger partial charge in [-0.1, -0.05) is 12.1 Å². The normalized spacial score (nSPS) is 14.1. The van der Waals surface area contributed by atoms with E-state index in [4.69, 9.17) is 0 Å². The predicted molar refractivity (Wildman–Crippen MR) is 68.7 cm³/mol. The highest BCUT2D eigenvalue weighted by Crippen LogP contribution is 2.22. The third-order valence-electron chi connectivity index (χ3n) is 3.39. The summed E-state index contributed by atoms with van der Waals surface area (Å²) in [6.45, 7) is 0.381. The topological polar surface area (TPSA) is 55.2 Å². The Kier molecular flexibility index (Phi) is 2.67. The van der Waals surface area contributed by atoms with Crippen LogP contribution in [0.1, 0.15) is 26.4 Å². The molecular formula is C14H13N3O2. The molecule has 2 aromatic rings. The van der Waals surface area contributed by atoms with E-state index in [9.17, 15) is 9.59 Å². The van der Waals surface area contributed by atoms with E-state index < -0.39 is 0 Å². The lowest BCUT2D eigenvalue weighted by molar-refractivity contribution is 0.0655. The van der Waals surface area contributed by atoms with Crippen molar-refractivity contribution < 1.29 is 9.59 Å². The molecule has 1 aliphatic rings. The molecule has 5 nitrogen and oxygen atoms in total. The van der Waals surface area contributed by atoms with Crippen molar-refractivity contribution in [2.75, 3.05) is 6.54 Å². The standard InChI is InChI=1S/C14H13N3O2/c1-16-9-15-8-10(16)6-7-17-13(18)11-4-2-3-5-12(11)14(17)19/h2-5,8-9H,6-7H2,1H3. The summed E-state index contributed by atoms with van der Waals surface area (Å²) in [4.78, 5) is 29.6. The predicted octanol–water partition coefficient (Wildman–Crippen LogP) is 1.26. The van der Waals surface area contributed by atoms with E-state index >= 15 is 0 Å². The Morgan fingerprint density at radius 3 is 2.26 bits per heavy atom. The molecular weight excluding hydrogens is 242 g/mol. The van der Waals surface area contributed by atoms with Crippen LogP contribution < -0.4 is 0 Å². The molecule has 5 heteroatoms. The zero-order valence-corrected chi connectivity index (χ0v) is 10.5. The van der Waals surface area contributed by atoms with Gasteiger partial charge in [0, 0.05) is 31.9 Å². The SMILES string of the molecule is Cn1cncc1CCN1C(=O)c2ccccc2C1=O. The summed E-state index contributed by atoms with van der Waals surface area (Å²) in [5.74, 6) is -0.412. The maximum Gasteiger partial charge on any atom is 0.261 e. The summed E-state index contributed by atoms with van der Waals surface area (Å²) >= 11 is 0. The minimum atomic E-state index is -0.206. The molecule has 2 heterocycles. The largest absolute Gasteiger partial charge is 0.338 e. The quantitative estimate of drug-likeness (QED) is 0.776. The lowest BCUT2D eigenvalue weighted by atomic mass is 10.1. The molecule has 0 bridgehead atoms. The molecule has 96 valence electrons. The highest BCUT2D eigenvalue weighted by Gasteiger charge is 2.34. The molecule has 19 heavy (non-hydrogen) atoms. The van der Waals surface area contributed by atoms with Crippen LogP contribution in [0, 0.1) is 0 Å². The molecule has 2 amide bonds. The van der Waals surface area contributed by atoms with Crippen LogP contribution in [0.5, 0.6) is 0 Å². The van der Waals surface area contributed by atoms with Gasteiger partial charge in [-0.15, -0.1) is 0 Å². The van der Waals surface area contributed by atoms with Crippen LogP contribution in [-0.2, 0) is 13.5 Å². The highest BCUT2D eigenvalue weighted by atomic mass is 16.2. The maximum absolute atomic E-state index is 12.1. The van der Waals surface area contributed by atoms with Crippen LogP contribution in [0.2, 0.25) is 0 Å². The second kappa shape index (κ2) is 4.35. The van der Waals surface area contributed by atoms with E-state index in [0.717, 1.165) is 5.69 Å². The molecule has 0 radical (unpaired) electrons. The minimum absolute atomic E-state index is 0.206. The number of amides is 2. The maximum atomic E-state index is 12.1. The molecule has 1 aromatic heterocycles. The summed E-state index contributed by atoms with van der Waals surface area (Å²) in [6, 6.07) is 6.93. The third-order valence-corrected chi connectivity index (χ3v) is 3.39. The third kappa shape index (κ3) is 1.83. The number of benzene rings is 1. The monoisotopic (exact) mass is 255 g/mol. The Hall–Kier alpha value is -2.43. The van der Waals surface area contributed by atoms with E-state index in [1.807, 2.05) is 11.6 Å². The summed E-state index contributed by atoms with van der Waals surface area (Å²) in [5, 5.41) is 0. The van der Waals surface area contributed by atoms with E-state index in [0.29, 0.717) is 24.1 Å². The van der Waals surface area contributed by atoms with Crippen molar-refractivity contribution in [3.63, 3.8) is 0 Å². The zero-order valence-electron chi connectivity index (χ0n) is 10.5. The molecule has 1 aromatic carbocycles. The van der Waals surface area contributed by atoms with Crippen molar-refractivity contribution in [3.05, 3.63) is 53.6 Å². The summed E-state index contributed by atoms with van der Waals surface area (Å²) < 4.78 is 1.89. The van der Waals surface area contributed by atoms with Gasteiger partial charge in [0.25, 0.3) is 11.8 Å². The van der Waals surface area contributed by atoms with Gasteiger partial charge in [-0.05, 0) is 12.1 Å². The Morgan fingerprint density at radius 1 is 1.11 bits per heavy atom. The van der Waals surface area contributed by atoms with Crippen LogP contribution in [-0.4, -0.2) is 32.8 Å². The van der Waals surface area contributed by atoms with E-state index in [-0.39, 0.29) is 11.8 Å². The molecule has 0 fully saturated rings. The van der Waals surface area contributed by atoms with Gasteiger partial charge >= 0.3 is 0 Å². The minimum Gasteiger partial charge on any atom is -0.338 e. The number of carbonyl (C=O) groups excluding carboxylic acids is 2. The van der Waals surface area contributed by atoms with Gasteiger partial charge < -0.3 is 4.57 Å². The van der Waals surface area contributed by atoms with Crippen molar-refractivity contribution in [1.29, 1.82) is 0 Å². The number of hydrogen-bond acceptors (Lipinski definition) is 3. The first-order valence-electron chi connectivity index (χ1n) is 6.09. The van der Waals surface area contributed by atoms with Crippen molar-refractivity contribution >= 4 is 11.8 Å². The highest BCUT2D eigenvalue weighted by molar-refractivity contribution is 6.21. The van der Waals surface area contributed by atoms with Gasteiger partial charge in [0.1, 0.15) is 0 Å². The number of imide groups is 1. The van der Waals surface area contributed by atoms with Crippen LogP contribution in [0.15, 0.2) is 36.8 Å². The first-order valence-corrected chi connectivity index (χ1v) is 6.09. The van der Waals surface area contributed by atoms with Gasteiger partial charge in [0.05, 0.1) is 17.5 Å². The molecule has 1 aliphatic heterocycles. The summed E-state index contributed by atoms with van der Waals surface area (Å²) in [5.41, 5.74) is 1.99. The number of hydrogen-bond donors (Lipinski definition) is 0. The van der Waals surface area contributed by atoms with Gasteiger partial charge in [-0.2, -0.15) is 0 Å². The van der Waals surface area contributed by atoms with Crippen molar-refractivity contribution in [1.82, 2.24) is 14.5 Å². The number of fused-ring (bicyclic) bond motifs is 1. The molecule has 0 atom stereocenters. The van der Waals surface area contributed by atoms with Crippen LogP contribution >= 0.6 is 0 Å². The summed E-state index contributed by atoms with van der Waals surface area (Å²) in [7, 11) is 1.89. The van der Waals surface area contributed by atoms with E-state index in [1.165, 1.54) is 4.90 Å². The number of rotatable bonds is 3. The smallest absolute Gasteiger partial charge is 0.261 e. The molecule has 3 rings (SSSR count). The Bertz CT molecular complexity index is 625. The first kappa shape index (κ1) is 11.6. The fraction of sp³-hybridized carbons (Fsp3) is 0.214. The van der Waals surface area contributed by atoms with Gasteiger partial charge in [-0.3, -0.25) is 14.5 Å². The van der Waals surface area contributed by atoms with Gasteiger partial charge in [-0.25, -0.2) is 4.98 Å². The van der Waals surface area contributed by atoms with Gasteiger partial charge in [0.15, 0.2) is 0 Å². The first-order chi connectivity index (χ1) is 9.18. The fourth-order valence-electron chi connectivity index (χ4n) is 2.29. The van der Waals surface area contributed by atoms with Crippen LogP contribution in [0.4, 0.5) is 0 Å². The number of aromatic nitrogens is 2. The molecule has 0 N–H and O–H groups in total. The Balaban J connectivity index is 1.79. The second-order valence-corrected chi connectivity index (χ2v) is 4.55. The van der Waals surface area contributed by atoms with E-state index in [1.54, 1.807) is 36.8 Å². The fourth-order valence-corrected chi connectivity index (χ4v) is 2.29. The Morgan fingerprint density at radius 2 is 1.74 bits per heavy atom. The molecule has 0 spiro atoms. The Labute approximate surface area is 110 Å².